The number of hydroxylamine groups is 1. The summed E-state index contributed by atoms with van der Waals surface area (Å²) in [6, 6.07) is -0.521. The lowest BCUT2D eigenvalue weighted by Crippen LogP contribution is -2.82. The van der Waals surface area contributed by atoms with Crippen LogP contribution in [0.5, 0.6) is 0 Å². The number of primary amides is 1. The Labute approximate surface area is 272 Å². The lowest BCUT2D eigenvalue weighted by molar-refractivity contribution is -0.960. The van der Waals surface area contributed by atoms with Gasteiger partial charge in [0.15, 0.2) is 6.11 Å². The van der Waals surface area contributed by atoms with Gasteiger partial charge in [0.25, 0.3) is 11.6 Å². The molecule has 0 spiro atoms. The van der Waals surface area contributed by atoms with Gasteiger partial charge in [-0.15, -0.1) is 18.2 Å². The van der Waals surface area contributed by atoms with E-state index < -0.39 is 70.7 Å². The van der Waals surface area contributed by atoms with Gasteiger partial charge in [0.05, 0.1) is 10.5 Å². The smallest absolute Gasteiger partial charge is 0.303 e. The van der Waals surface area contributed by atoms with E-state index in [9.17, 15) is 44.0 Å². The molecule has 0 saturated heterocycles. The Morgan fingerprint density at radius 2 is 1.85 bits per heavy atom. The molecule has 19 heteroatoms. The van der Waals surface area contributed by atoms with Gasteiger partial charge < -0.3 is 32.1 Å². The number of nitrogens with one attached hydrogen (secondary N) is 4. The molecule has 1 heterocycles. The minimum absolute atomic E-state index is 0.0539. The minimum atomic E-state index is -1.44. The Kier molecular flexibility index (Phi) is 16.0. The van der Waals surface area contributed by atoms with Crippen molar-refractivity contribution in [2.75, 3.05) is 18.8 Å². The van der Waals surface area contributed by atoms with Crippen molar-refractivity contribution in [1.29, 1.82) is 0 Å². The zero-order chi connectivity index (χ0) is 34.8. The van der Waals surface area contributed by atoms with Crippen LogP contribution >= 0.6 is 11.8 Å². The second kappa shape index (κ2) is 19.9. The first-order chi connectivity index (χ1) is 22.4. The van der Waals surface area contributed by atoms with Crippen LogP contribution in [-0.2, 0) is 33.8 Å². The molecule has 1 aromatic carbocycles. The highest BCUT2D eigenvalue weighted by Crippen LogP contribution is 2.28. The van der Waals surface area contributed by atoms with E-state index in [4.69, 9.17) is 17.1 Å². The standard InChI is InChI=1S/C28H33N7O11S/c1-2-3-14-45-46-31-12-5-4-6-19-27(41)34-21(26(40)30-13-11-23(29)36)16-47-22-9-7-17(35(43)44)15-18(22)25(39)32-20(28(42)33-19)8-10-24(37)38/h1,7,9,15,19-21,31H,4-6,8,10-13,16H2,(H2,29,36)(H,30,40)(H,32,39)(H,33,42)(H,34,41)(H,37,38)/p+1/t19?,20?,21-/m0/s1. The number of thioether (sulfide) groups is 1. The summed E-state index contributed by atoms with van der Waals surface area (Å²) < 4.78 is 0. The number of benzene rings is 1. The summed E-state index contributed by atoms with van der Waals surface area (Å²) in [6.07, 6.45) is 6.85. The number of fused-ring (bicyclic) bond motifs is 1. The molecule has 1 aliphatic heterocycles. The molecule has 3 atom stereocenters. The molecular weight excluding hydrogens is 642 g/mol. The Morgan fingerprint density at radius 1 is 1.13 bits per heavy atom. The number of nitrogens with two attached hydrogens (primary N) is 2. The SMILES string of the molecule is C#CC#COO[NH2+]CCCCC1NC(=O)C(CCC(=O)O)NC(=O)c2cc([N+](=O)[O-])ccc2SC[C@@H](C(=O)NCCC(N)=O)NC1=O. The van der Waals surface area contributed by atoms with Gasteiger partial charge >= 0.3 is 5.97 Å². The van der Waals surface area contributed by atoms with Crippen molar-refractivity contribution >= 4 is 53.0 Å². The Morgan fingerprint density at radius 3 is 2.53 bits per heavy atom. The van der Waals surface area contributed by atoms with Crippen molar-refractivity contribution in [3.8, 4) is 24.4 Å². The van der Waals surface area contributed by atoms with Crippen LogP contribution in [0.2, 0.25) is 0 Å². The number of nitro benzene ring substituents is 1. The molecule has 0 radical (unpaired) electrons. The van der Waals surface area contributed by atoms with Crippen molar-refractivity contribution < 1.29 is 54.2 Å². The molecular formula is C28H34N7O11S+. The number of hydrogen-bond donors (Lipinski definition) is 7. The first kappa shape index (κ1) is 37.8. The first-order valence-corrected chi connectivity index (χ1v) is 15.1. The van der Waals surface area contributed by atoms with Crippen molar-refractivity contribution in [2.24, 2.45) is 5.73 Å². The van der Waals surface area contributed by atoms with Crippen LogP contribution in [-0.4, -0.2) is 82.5 Å². The Balaban J connectivity index is 2.38. The van der Waals surface area contributed by atoms with Gasteiger partial charge in [-0.1, -0.05) is 0 Å². The summed E-state index contributed by atoms with van der Waals surface area (Å²) in [6.45, 7) is 0.224. The van der Waals surface area contributed by atoms with Gasteiger partial charge in [-0.25, -0.2) is 4.89 Å². The van der Waals surface area contributed by atoms with Crippen LogP contribution in [0.15, 0.2) is 23.1 Å². The quantitative estimate of drug-likeness (QED) is 0.0343. The fourth-order valence-corrected chi connectivity index (χ4v) is 5.09. The predicted molar refractivity (Wildman–Crippen MR) is 162 cm³/mol. The summed E-state index contributed by atoms with van der Waals surface area (Å²) in [7, 11) is 0. The highest BCUT2D eigenvalue weighted by Gasteiger charge is 2.32. The third-order valence-electron chi connectivity index (χ3n) is 6.38. The molecule has 1 aliphatic rings. The number of non-ortho nitro benzene ring substituents is 1. The lowest BCUT2D eigenvalue weighted by atomic mass is 10.1. The molecule has 2 unspecified atom stereocenters. The number of carboxylic acids is 1. The number of hydrogen-bond acceptors (Lipinski definition) is 11. The zero-order valence-electron chi connectivity index (χ0n) is 24.9. The van der Waals surface area contributed by atoms with E-state index in [1.54, 1.807) is 0 Å². The molecule has 0 bridgehead atoms. The molecule has 0 fully saturated rings. The van der Waals surface area contributed by atoms with Crippen LogP contribution in [0.25, 0.3) is 0 Å². The van der Waals surface area contributed by atoms with E-state index in [0.29, 0.717) is 19.4 Å². The van der Waals surface area contributed by atoms with Gasteiger partial charge in [-0.3, -0.25) is 38.9 Å². The molecule has 2 rings (SSSR count). The third kappa shape index (κ3) is 13.7. The molecule has 1 aromatic rings. The molecule has 0 saturated carbocycles. The van der Waals surface area contributed by atoms with Crippen molar-refractivity contribution in [2.45, 2.75) is 61.5 Å². The lowest BCUT2D eigenvalue weighted by Gasteiger charge is -2.24. The number of carboxylic acid groups (broad SMARTS) is 1. The van der Waals surface area contributed by atoms with Crippen molar-refractivity contribution in [1.82, 2.24) is 21.3 Å². The number of unbranched alkanes of at least 4 members (excludes halogenated alkanes) is 1. The van der Waals surface area contributed by atoms with E-state index in [0.717, 1.165) is 23.9 Å². The third-order valence-corrected chi connectivity index (χ3v) is 7.54. The number of aliphatic carboxylic acids is 1. The summed E-state index contributed by atoms with van der Waals surface area (Å²) in [5.41, 5.74) is 5.80. The number of nitro groups is 1. The number of carbonyl (C=O) groups is 6. The molecule has 5 amide bonds. The molecule has 0 aromatic heterocycles. The number of rotatable bonds is 15. The number of nitrogens with zero attached hydrogens (tertiary/aromatic N) is 1. The Hall–Kier alpha value is -5.37. The highest BCUT2D eigenvalue weighted by atomic mass is 32.2. The number of quaternary nitrogens is 1. The highest BCUT2D eigenvalue weighted by molar-refractivity contribution is 7.99. The number of terminal acetylenes is 1. The van der Waals surface area contributed by atoms with Crippen molar-refractivity contribution in [3.05, 3.63) is 33.9 Å². The maximum Gasteiger partial charge on any atom is 0.303 e. The first-order valence-electron chi connectivity index (χ1n) is 14.1. The van der Waals surface area contributed by atoms with Crippen LogP contribution < -0.4 is 32.5 Å². The second-order valence-corrected chi connectivity index (χ2v) is 10.9. The molecule has 9 N–H and O–H groups in total. The summed E-state index contributed by atoms with van der Waals surface area (Å²) >= 11 is 0.926. The maximum absolute atomic E-state index is 13.5. The van der Waals surface area contributed by atoms with Crippen molar-refractivity contribution in [3.63, 3.8) is 0 Å². The monoisotopic (exact) mass is 676 g/mol. The average Bonchev–Trinajstić information content (AvgIpc) is 3.02. The predicted octanol–water partition coefficient (Wildman–Crippen LogP) is -2.18. The number of amides is 5. The van der Waals surface area contributed by atoms with Gasteiger partial charge in [0.1, 0.15) is 24.7 Å². The average molecular weight is 677 g/mol. The fraction of sp³-hybridized carbons (Fsp3) is 0.429. The minimum Gasteiger partial charge on any atom is -0.481 e. The topological polar surface area (TPSA) is 275 Å². The van der Waals surface area contributed by atoms with Crippen LogP contribution in [0.3, 0.4) is 0 Å². The van der Waals surface area contributed by atoms with Crippen LogP contribution in [0.4, 0.5) is 5.69 Å². The van der Waals surface area contributed by atoms with Gasteiger partial charge in [-0.2, -0.15) is 5.48 Å². The van der Waals surface area contributed by atoms with E-state index in [1.807, 2.05) is 5.92 Å². The van der Waals surface area contributed by atoms with E-state index >= 15 is 0 Å². The maximum atomic E-state index is 13.5. The normalized spacial score (nSPS) is 18.0. The van der Waals surface area contributed by atoms with Crippen LogP contribution in [0, 0.1) is 34.5 Å². The van der Waals surface area contributed by atoms with Crippen LogP contribution in [0.1, 0.15) is 48.9 Å². The fourth-order valence-electron chi connectivity index (χ4n) is 4.04. The number of carbonyl (C=O) groups excluding carboxylic acids is 5. The Bertz CT molecular complexity index is 1450. The van der Waals surface area contributed by atoms with E-state index in [2.05, 4.69) is 38.2 Å². The summed E-state index contributed by atoms with van der Waals surface area (Å²) in [5.74, 6) is -1.13. The summed E-state index contributed by atoms with van der Waals surface area (Å²) in [5, 5.41) is 30.7. The van der Waals surface area contributed by atoms with E-state index in [-0.39, 0.29) is 42.0 Å². The zero-order valence-corrected chi connectivity index (χ0v) is 25.8. The molecule has 252 valence electrons. The van der Waals surface area contributed by atoms with Gasteiger partial charge in [-0.05, 0) is 37.7 Å². The van der Waals surface area contributed by atoms with Gasteiger partial charge in [0.2, 0.25) is 23.6 Å². The largest absolute Gasteiger partial charge is 0.481 e. The van der Waals surface area contributed by atoms with E-state index in [1.165, 1.54) is 11.5 Å². The molecule has 47 heavy (non-hydrogen) atoms. The molecule has 0 aliphatic carbocycles. The second-order valence-electron chi connectivity index (χ2n) is 9.84. The van der Waals surface area contributed by atoms with Gasteiger partial charge in [0, 0.05) is 53.1 Å². The molecule has 18 nitrogen and oxygen atoms in total. The summed E-state index contributed by atoms with van der Waals surface area (Å²) in [4.78, 5) is 96.0.